The highest BCUT2D eigenvalue weighted by atomic mass is 35.5. The summed E-state index contributed by atoms with van der Waals surface area (Å²) < 4.78 is 7.12. The van der Waals surface area contributed by atoms with Crippen molar-refractivity contribution in [3.63, 3.8) is 0 Å². The molecule has 0 aromatic carbocycles. The van der Waals surface area contributed by atoms with E-state index in [1.54, 1.807) is 10.7 Å². The first-order valence-corrected chi connectivity index (χ1v) is 8.44. The molecule has 23 heavy (non-hydrogen) atoms. The van der Waals surface area contributed by atoms with Crippen LogP contribution in [0.2, 0.25) is 5.15 Å². The third kappa shape index (κ3) is 3.66. The van der Waals surface area contributed by atoms with Crippen molar-refractivity contribution in [3.8, 4) is 0 Å². The second kappa shape index (κ2) is 6.11. The predicted molar refractivity (Wildman–Crippen MR) is 88.5 cm³/mol. The van der Waals surface area contributed by atoms with Gasteiger partial charge in [-0.3, -0.25) is 4.79 Å². The lowest BCUT2D eigenvalue weighted by Gasteiger charge is -2.29. The van der Waals surface area contributed by atoms with E-state index >= 15 is 0 Å². The zero-order chi connectivity index (χ0) is 16.6. The molecule has 0 unspecified atom stereocenters. The molecule has 0 aliphatic heterocycles. The molecule has 1 fully saturated rings. The van der Waals surface area contributed by atoms with Crippen molar-refractivity contribution < 1.29 is 9.53 Å². The summed E-state index contributed by atoms with van der Waals surface area (Å²) >= 11 is 6.26. The van der Waals surface area contributed by atoms with Crippen LogP contribution in [0.3, 0.4) is 0 Å². The summed E-state index contributed by atoms with van der Waals surface area (Å²) in [5.74, 6) is 0.263. The van der Waals surface area contributed by atoms with Gasteiger partial charge in [-0.05, 0) is 52.5 Å². The predicted octanol–water partition coefficient (Wildman–Crippen LogP) is 4.00. The summed E-state index contributed by atoms with van der Waals surface area (Å²) in [5, 5.41) is 4.71. The minimum atomic E-state index is -0.421. The summed E-state index contributed by atoms with van der Waals surface area (Å²) in [6.45, 7) is 5.72. The number of nitrogens with zero attached hydrogens (tertiary/aromatic N) is 3. The zero-order valence-electron chi connectivity index (χ0n) is 13.8. The van der Waals surface area contributed by atoms with Crippen LogP contribution in [0.4, 0.5) is 0 Å². The van der Waals surface area contributed by atoms with Gasteiger partial charge in [0.25, 0.3) is 0 Å². The number of rotatable bonds is 2. The van der Waals surface area contributed by atoms with Gasteiger partial charge in [0.15, 0.2) is 5.65 Å². The second-order valence-corrected chi connectivity index (χ2v) is 7.57. The summed E-state index contributed by atoms with van der Waals surface area (Å²) in [6, 6.07) is 3.74. The molecule has 5 nitrogen and oxygen atoms in total. The van der Waals surface area contributed by atoms with Gasteiger partial charge in [0.1, 0.15) is 10.8 Å². The number of carbonyl (C=O) groups excluding carboxylic acids is 1. The smallest absolute Gasteiger partial charge is 0.309 e. The van der Waals surface area contributed by atoms with Crippen molar-refractivity contribution in [1.29, 1.82) is 0 Å². The van der Waals surface area contributed by atoms with Crippen LogP contribution in [0.5, 0.6) is 0 Å². The molecule has 1 aliphatic rings. The highest BCUT2D eigenvalue weighted by Crippen LogP contribution is 2.36. The van der Waals surface area contributed by atoms with Crippen LogP contribution in [-0.2, 0) is 9.53 Å². The standard InChI is InChI=1S/C17H22ClN3O2/c1-17(2,3)23-16(22)12-6-4-11(5-7-12)13-10-14(18)21-15(20-13)8-9-19-21/h8-12H,4-7H2,1-3H3/t11-,12-. The van der Waals surface area contributed by atoms with E-state index in [2.05, 4.69) is 10.1 Å². The lowest BCUT2D eigenvalue weighted by atomic mass is 9.80. The first-order valence-electron chi connectivity index (χ1n) is 8.06. The SMILES string of the molecule is CC(C)(C)OC(=O)[C@H]1CC[C@H](c2cc(Cl)n3nccc3n2)CC1. The minimum absolute atomic E-state index is 0.000329. The Morgan fingerprint density at radius 2 is 2.00 bits per heavy atom. The van der Waals surface area contributed by atoms with Crippen molar-refractivity contribution in [2.45, 2.75) is 58.0 Å². The summed E-state index contributed by atoms with van der Waals surface area (Å²) in [7, 11) is 0. The number of aromatic nitrogens is 3. The fourth-order valence-electron chi connectivity index (χ4n) is 3.11. The van der Waals surface area contributed by atoms with Crippen molar-refractivity contribution in [2.75, 3.05) is 0 Å². The Morgan fingerprint density at radius 3 is 2.65 bits per heavy atom. The van der Waals surface area contributed by atoms with Gasteiger partial charge >= 0.3 is 5.97 Å². The molecule has 0 N–H and O–H groups in total. The molecule has 0 amide bonds. The van der Waals surface area contributed by atoms with Crippen LogP contribution < -0.4 is 0 Å². The first kappa shape index (κ1) is 16.2. The minimum Gasteiger partial charge on any atom is -0.460 e. The maximum absolute atomic E-state index is 12.2. The Balaban J connectivity index is 1.67. The van der Waals surface area contributed by atoms with Crippen molar-refractivity contribution in [2.24, 2.45) is 5.92 Å². The van der Waals surface area contributed by atoms with Crippen LogP contribution in [0.1, 0.15) is 58.1 Å². The van der Waals surface area contributed by atoms with Crippen LogP contribution in [0, 0.1) is 5.92 Å². The fourth-order valence-corrected chi connectivity index (χ4v) is 3.35. The number of halogens is 1. The van der Waals surface area contributed by atoms with E-state index in [9.17, 15) is 4.79 Å². The molecular formula is C17H22ClN3O2. The Hall–Kier alpha value is -1.62. The lowest BCUT2D eigenvalue weighted by Crippen LogP contribution is -2.30. The molecule has 1 saturated carbocycles. The highest BCUT2D eigenvalue weighted by molar-refractivity contribution is 6.29. The van der Waals surface area contributed by atoms with E-state index in [-0.39, 0.29) is 11.9 Å². The van der Waals surface area contributed by atoms with Gasteiger partial charge in [-0.15, -0.1) is 0 Å². The van der Waals surface area contributed by atoms with E-state index in [0.29, 0.717) is 11.1 Å². The van der Waals surface area contributed by atoms with Crippen molar-refractivity contribution >= 4 is 23.2 Å². The molecule has 3 rings (SSSR count). The molecule has 2 aromatic rings. The summed E-state index contributed by atoms with van der Waals surface area (Å²) in [4.78, 5) is 16.8. The number of esters is 1. The molecule has 6 heteroatoms. The summed E-state index contributed by atoms with van der Waals surface area (Å²) in [5.41, 5.74) is 1.34. The Bertz CT molecular complexity index is 712. The Morgan fingerprint density at radius 1 is 1.30 bits per heavy atom. The average Bonchev–Trinajstić information content (AvgIpc) is 2.94. The third-order valence-electron chi connectivity index (χ3n) is 4.22. The van der Waals surface area contributed by atoms with Crippen molar-refractivity contribution in [1.82, 2.24) is 14.6 Å². The number of carbonyl (C=O) groups is 1. The maximum atomic E-state index is 12.2. The molecule has 0 saturated heterocycles. The molecule has 0 radical (unpaired) electrons. The van der Waals surface area contributed by atoms with Gasteiger partial charge in [0, 0.05) is 17.7 Å². The maximum Gasteiger partial charge on any atom is 0.309 e. The molecule has 0 atom stereocenters. The number of fused-ring (bicyclic) bond motifs is 1. The third-order valence-corrected chi connectivity index (χ3v) is 4.49. The van der Waals surface area contributed by atoms with Gasteiger partial charge in [-0.1, -0.05) is 11.6 Å². The highest BCUT2D eigenvalue weighted by Gasteiger charge is 2.31. The molecule has 124 valence electrons. The van der Waals surface area contributed by atoms with Gasteiger partial charge in [0.2, 0.25) is 0 Å². The van der Waals surface area contributed by atoms with E-state index in [1.807, 2.05) is 32.9 Å². The first-order chi connectivity index (χ1) is 10.8. The Labute approximate surface area is 141 Å². The molecule has 0 bridgehead atoms. The van der Waals surface area contributed by atoms with Crippen molar-refractivity contribution in [3.05, 3.63) is 29.2 Å². The summed E-state index contributed by atoms with van der Waals surface area (Å²) in [6.07, 6.45) is 5.22. The fraction of sp³-hybridized carbons (Fsp3) is 0.588. The number of hydrogen-bond donors (Lipinski definition) is 0. The largest absolute Gasteiger partial charge is 0.460 e. The molecule has 2 aromatic heterocycles. The van der Waals surface area contributed by atoms with Gasteiger partial charge < -0.3 is 4.74 Å². The van der Waals surface area contributed by atoms with Gasteiger partial charge in [-0.2, -0.15) is 5.10 Å². The van der Waals surface area contributed by atoms with E-state index < -0.39 is 5.60 Å². The van der Waals surface area contributed by atoms with E-state index in [4.69, 9.17) is 16.3 Å². The van der Waals surface area contributed by atoms with E-state index in [0.717, 1.165) is 37.0 Å². The van der Waals surface area contributed by atoms with Crippen LogP contribution in [0.15, 0.2) is 18.3 Å². The molecule has 2 heterocycles. The normalized spacial score (nSPS) is 22.3. The van der Waals surface area contributed by atoms with Gasteiger partial charge in [-0.25, -0.2) is 9.50 Å². The van der Waals surface area contributed by atoms with Crippen LogP contribution in [0.25, 0.3) is 5.65 Å². The topological polar surface area (TPSA) is 56.5 Å². The quantitative estimate of drug-likeness (QED) is 0.615. The average molecular weight is 336 g/mol. The number of hydrogen-bond acceptors (Lipinski definition) is 4. The van der Waals surface area contributed by atoms with Gasteiger partial charge in [0.05, 0.1) is 12.1 Å². The lowest BCUT2D eigenvalue weighted by molar-refractivity contribution is -0.161. The molecule has 1 aliphatic carbocycles. The Kier molecular flexibility index (Phi) is 4.32. The van der Waals surface area contributed by atoms with Crippen LogP contribution in [-0.4, -0.2) is 26.2 Å². The molecular weight excluding hydrogens is 314 g/mol. The number of ether oxygens (including phenoxy) is 1. The monoisotopic (exact) mass is 335 g/mol. The zero-order valence-corrected chi connectivity index (χ0v) is 14.5. The molecule has 0 spiro atoms. The van der Waals surface area contributed by atoms with Crippen LogP contribution >= 0.6 is 11.6 Å². The van der Waals surface area contributed by atoms with E-state index in [1.165, 1.54) is 0 Å². The second-order valence-electron chi connectivity index (χ2n) is 7.19.